The fourth-order valence-corrected chi connectivity index (χ4v) is 8.43. The Kier molecular flexibility index (Phi) is 28.6. The molecule has 59 heavy (non-hydrogen) atoms. The number of ether oxygens (including phenoxy) is 2. The van der Waals surface area contributed by atoms with Crippen molar-refractivity contribution in [2.75, 3.05) is 54.1 Å². The number of carbonyl (C=O) groups excluding carboxylic acids is 3. The van der Waals surface area contributed by atoms with Crippen molar-refractivity contribution in [3.63, 3.8) is 0 Å². The molecule has 347 valence electrons. The van der Waals surface area contributed by atoms with E-state index < -0.39 is 43.6 Å². The Morgan fingerprint density at radius 3 is 1.63 bits per heavy atom. The average Bonchev–Trinajstić information content (AvgIpc) is 3.32. The van der Waals surface area contributed by atoms with Crippen LogP contribution in [0.2, 0.25) is 0 Å². The van der Waals surface area contributed by atoms with E-state index in [-0.39, 0.29) is 37.9 Å². The van der Waals surface area contributed by atoms with Gasteiger partial charge in [-0.2, -0.15) is 0 Å². The van der Waals surface area contributed by atoms with Crippen LogP contribution in [0.3, 0.4) is 0 Å². The first-order valence-electron chi connectivity index (χ1n) is 23.3. The Morgan fingerprint density at radius 1 is 0.712 bits per heavy atom. The minimum absolute atomic E-state index is 0.0115. The van der Waals surface area contributed by atoms with Crippen LogP contribution in [0.25, 0.3) is 0 Å². The van der Waals surface area contributed by atoms with Crippen LogP contribution in [-0.4, -0.2) is 104 Å². The molecule has 2 unspecified atom stereocenters. The summed E-state index contributed by atoms with van der Waals surface area (Å²) < 4.78 is 34.3. The molecule has 1 rings (SSSR count). The van der Waals surface area contributed by atoms with Crippen molar-refractivity contribution in [1.82, 2.24) is 10.4 Å². The molecule has 3 atom stereocenters. The van der Waals surface area contributed by atoms with Gasteiger partial charge in [0.15, 0.2) is 6.10 Å². The third kappa shape index (κ3) is 27.2. The number of rotatable bonds is 37. The Hall–Kier alpha value is -1.60. The lowest BCUT2D eigenvalue weighted by Gasteiger charge is -2.33. The summed E-state index contributed by atoms with van der Waals surface area (Å²) in [6, 6.07) is 0. The van der Waals surface area contributed by atoms with Gasteiger partial charge in [0.2, 0.25) is 5.91 Å². The van der Waals surface area contributed by atoms with Crippen LogP contribution in [0.1, 0.15) is 195 Å². The van der Waals surface area contributed by atoms with Gasteiger partial charge in [-0.15, -0.1) is 10.3 Å². The van der Waals surface area contributed by atoms with E-state index in [1.54, 1.807) is 0 Å². The van der Waals surface area contributed by atoms with Crippen LogP contribution >= 0.6 is 7.82 Å². The van der Waals surface area contributed by atoms with Gasteiger partial charge in [0.1, 0.15) is 19.8 Å². The number of hydrogen-bond donors (Lipinski definition) is 2. The zero-order valence-corrected chi connectivity index (χ0v) is 39.7. The van der Waals surface area contributed by atoms with E-state index in [9.17, 15) is 29.0 Å². The molecule has 0 aromatic carbocycles. The molecule has 2 N–H and O–H groups in total. The van der Waals surface area contributed by atoms with E-state index in [0.717, 1.165) is 75.7 Å². The third-order valence-electron chi connectivity index (χ3n) is 11.5. The lowest BCUT2D eigenvalue weighted by atomic mass is 9.86. The maximum absolute atomic E-state index is 12.8. The van der Waals surface area contributed by atoms with Gasteiger partial charge >= 0.3 is 19.8 Å². The summed E-state index contributed by atoms with van der Waals surface area (Å²) in [7, 11) is 1.41. The van der Waals surface area contributed by atoms with Crippen LogP contribution in [0.4, 0.5) is 0 Å². The van der Waals surface area contributed by atoms with Crippen LogP contribution in [-0.2, 0) is 42.7 Å². The summed E-state index contributed by atoms with van der Waals surface area (Å²) in [6.07, 6.45) is 24.6. The van der Waals surface area contributed by atoms with E-state index in [0.29, 0.717) is 30.4 Å². The lowest BCUT2D eigenvalue weighted by molar-refractivity contribution is -0.870. The predicted molar refractivity (Wildman–Crippen MR) is 234 cm³/mol. The number of likely N-dealkylation sites (N-methyl/N-ethyl adjacent to an activating group) is 1. The molecule has 1 amide bonds. The molecule has 0 bridgehead atoms. The fourth-order valence-electron chi connectivity index (χ4n) is 7.68. The smallest absolute Gasteiger partial charge is 0.462 e. The van der Waals surface area contributed by atoms with Gasteiger partial charge in [-0.1, -0.05) is 129 Å². The molecule has 0 spiro atoms. The highest BCUT2D eigenvalue weighted by atomic mass is 31.2. The van der Waals surface area contributed by atoms with Crippen molar-refractivity contribution < 1.29 is 52.1 Å². The standard InChI is InChI=1S/C45H87N3O10P/c1-9-10-11-12-13-14-15-16-17-19-22-25-28-31-41(49)55-37-39(38-57-59(53,54)56-35-34-48(6,7)8)58-42(50)32-29-26-23-20-18-21-24-27-30-33-46-43(51)40-36-44(2,3)47(52)45(40,4)5/h39-40H,9-38H2,1-8H3,(H-,46,51,53,54)/p+1/t39-,40?/m1/s1. The van der Waals surface area contributed by atoms with E-state index in [1.165, 1.54) is 64.2 Å². The largest absolute Gasteiger partial charge is 0.472 e. The number of hydrogen-bond acceptors (Lipinski definition) is 9. The van der Waals surface area contributed by atoms with Gasteiger partial charge < -0.3 is 24.2 Å². The Balaban J connectivity index is 2.29. The number of nitrogens with zero attached hydrogens (tertiary/aromatic N) is 2. The molecule has 1 saturated heterocycles. The maximum atomic E-state index is 12.8. The average molecular weight is 862 g/mol. The van der Waals surface area contributed by atoms with Crippen molar-refractivity contribution in [3.8, 4) is 0 Å². The summed E-state index contributed by atoms with van der Waals surface area (Å²) in [5.41, 5.74) is -1.24. The molecule has 14 heteroatoms. The molecule has 1 aliphatic heterocycles. The number of phosphoric ester groups is 1. The number of carbonyl (C=O) groups is 3. The van der Waals surface area contributed by atoms with Crippen LogP contribution in [0.15, 0.2) is 0 Å². The molecular formula is C45H88N3O10P+. The van der Waals surface area contributed by atoms with Crippen molar-refractivity contribution in [3.05, 3.63) is 0 Å². The summed E-state index contributed by atoms with van der Waals surface area (Å²) in [4.78, 5) is 48.2. The quantitative estimate of drug-likeness (QED) is 0.0266. The first-order valence-corrected chi connectivity index (χ1v) is 24.8. The lowest BCUT2D eigenvalue weighted by Crippen LogP contribution is -2.49. The van der Waals surface area contributed by atoms with Gasteiger partial charge in [-0.05, 0) is 53.4 Å². The van der Waals surface area contributed by atoms with Crippen molar-refractivity contribution in [2.24, 2.45) is 5.92 Å². The summed E-state index contributed by atoms with van der Waals surface area (Å²) in [5, 5.41) is 16.7. The number of phosphoric acid groups is 1. The Morgan fingerprint density at radius 2 is 1.17 bits per heavy atom. The number of amides is 1. The topological polar surface area (TPSA) is 161 Å². The second-order valence-corrected chi connectivity index (χ2v) is 20.6. The van der Waals surface area contributed by atoms with Crippen LogP contribution < -0.4 is 5.32 Å². The van der Waals surface area contributed by atoms with Gasteiger partial charge in [0, 0.05) is 24.9 Å². The highest BCUT2D eigenvalue weighted by Crippen LogP contribution is 2.44. The highest BCUT2D eigenvalue weighted by Gasteiger charge is 2.55. The van der Waals surface area contributed by atoms with Gasteiger partial charge in [0.05, 0.1) is 39.2 Å². The summed E-state index contributed by atoms with van der Waals surface area (Å²) in [5.74, 6) is -1.20. The van der Waals surface area contributed by atoms with Crippen LogP contribution in [0.5, 0.6) is 0 Å². The van der Waals surface area contributed by atoms with E-state index >= 15 is 0 Å². The molecule has 1 fully saturated rings. The van der Waals surface area contributed by atoms with E-state index in [2.05, 4.69) is 12.2 Å². The van der Waals surface area contributed by atoms with E-state index in [4.69, 9.17) is 18.5 Å². The van der Waals surface area contributed by atoms with Gasteiger partial charge in [-0.3, -0.25) is 23.4 Å². The second-order valence-electron chi connectivity index (χ2n) is 19.1. The van der Waals surface area contributed by atoms with Crippen molar-refractivity contribution in [1.29, 1.82) is 0 Å². The molecule has 1 radical (unpaired) electrons. The summed E-state index contributed by atoms with van der Waals surface area (Å²) >= 11 is 0. The van der Waals surface area contributed by atoms with Crippen molar-refractivity contribution >= 4 is 25.7 Å². The monoisotopic (exact) mass is 862 g/mol. The minimum Gasteiger partial charge on any atom is -0.462 e. The van der Waals surface area contributed by atoms with Gasteiger partial charge in [0.25, 0.3) is 0 Å². The number of quaternary nitrogens is 1. The molecule has 1 heterocycles. The molecule has 0 aromatic rings. The second kappa shape index (κ2) is 30.4. The molecule has 0 aliphatic carbocycles. The highest BCUT2D eigenvalue weighted by molar-refractivity contribution is 7.47. The SMILES string of the molecule is CCCCCCCCCCCCCCCC(=O)OC[C@H](COP(=O)(O)OCC[N+](C)(C)C)OC(=O)CCCCCCCCCCCNC(=O)C1CC(C)(C)N([O])C1(C)C. The fraction of sp³-hybridized carbons (Fsp3) is 0.933. The first-order chi connectivity index (χ1) is 27.8. The van der Waals surface area contributed by atoms with E-state index in [1.807, 2.05) is 48.8 Å². The number of nitrogens with one attached hydrogen (secondary N) is 1. The molecule has 13 nitrogen and oxygen atoms in total. The third-order valence-corrected chi connectivity index (χ3v) is 12.4. The molecule has 0 aromatic heterocycles. The molecule has 1 aliphatic rings. The van der Waals surface area contributed by atoms with Gasteiger partial charge in [-0.25, -0.2) is 4.57 Å². The minimum atomic E-state index is -4.40. The van der Waals surface area contributed by atoms with Crippen molar-refractivity contribution in [2.45, 2.75) is 212 Å². The zero-order valence-electron chi connectivity index (χ0n) is 38.8. The summed E-state index contributed by atoms with van der Waals surface area (Å²) in [6.45, 7) is 10.2. The molecule has 0 saturated carbocycles. The zero-order chi connectivity index (χ0) is 44.2. The Bertz CT molecular complexity index is 1190. The first kappa shape index (κ1) is 55.4. The number of hydroxylamine groups is 2. The maximum Gasteiger partial charge on any atom is 0.472 e. The predicted octanol–water partition coefficient (Wildman–Crippen LogP) is 10.0. The number of unbranched alkanes of at least 4 members (excludes halogenated alkanes) is 20. The van der Waals surface area contributed by atoms with Crippen LogP contribution in [0, 0.1) is 5.92 Å². The number of esters is 2. The normalized spacial score (nSPS) is 18.0. The Labute approximate surface area is 359 Å². The molecular weight excluding hydrogens is 773 g/mol.